The maximum absolute atomic E-state index is 13.0. The summed E-state index contributed by atoms with van der Waals surface area (Å²) >= 11 is 0. The molecule has 2 atom stereocenters. The molecule has 0 saturated heterocycles. The first-order valence-electron chi connectivity index (χ1n) is 10.1. The first-order chi connectivity index (χ1) is 15.3. The van der Waals surface area contributed by atoms with Gasteiger partial charge in [0.15, 0.2) is 4.90 Å². The van der Waals surface area contributed by atoms with Gasteiger partial charge in [-0.05, 0) is 43.7 Å². The number of benzene rings is 3. The van der Waals surface area contributed by atoms with Gasteiger partial charge in [-0.2, -0.15) is 4.72 Å². The first-order valence-corrected chi connectivity index (χ1v) is 13.3. The van der Waals surface area contributed by atoms with Gasteiger partial charge in [-0.15, -0.1) is 0 Å². The minimum Gasteiger partial charge on any atom is -0.418 e. The lowest BCUT2D eigenvalue weighted by Crippen LogP contribution is -2.33. The highest BCUT2D eigenvalue weighted by Gasteiger charge is 2.28. The van der Waals surface area contributed by atoms with E-state index >= 15 is 0 Å². The van der Waals surface area contributed by atoms with Crippen LogP contribution in [0, 0.1) is 13.8 Å². The Morgan fingerprint density at radius 3 is 1.76 bits per heavy atom. The zero-order chi connectivity index (χ0) is 24.6. The van der Waals surface area contributed by atoms with Crippen molar-refractivity contribution in [3.63, 3.8) is 0 Å². The Morgan fingerprint density at radius 2 is 1.27 bits per heavy atom. The number of hydrogen-bond acceptors (Lipinski definition) is 2. The Labute approximate surface area is 195 Å². The standard InChI is InChI=1S/C23H26NO2S2.BF4/c1-18-9-13-21(14-10-18)27(3)17-23(20-7-5-4-6-8-20)24-28(25,26)22-15-11-19(2)12-16-22;2-1(3,4)5/h4-16,23-24H,17H2,1-3H3;/q+1;-1/t23-,27?;/m0./s1. The molecular formula is C23H26BF4NO2S2. The molecule has 0 amide bonds. The molecule has 0 saturated carbocycles. The van der Waals surface area contributed by atoms with E-state index in [4.69, 9.17) is 0 Å². The van der Waals surface area contributed by atoms with Crippen molar-refractivity contribution >= 4 is 28.2 Å². The topological polar surface area (TPSA) is 46.2 Å². The number of sulfonamides is 1. The highest BCUT2D eigenvalue weighted by molar-refractivity contribution is 7.96. The van der Waals surface area contributed by atoms with E-state index in [2.05, 4.69) is 42.2 Å². The van der Waals surface area contributed by atoms with E-state index in [1.807, 2.05) is 49.4 Å². The SMILES string of the molecule is Cc1ccc([S+](C)C[C@H](NS(=O)(=O)c2ccc(C)cc2)c2ccccc2)cc1.F[B-](F)(F)F. The van der Waals surface area contributed by atoms with Crippen molar-refractivity contribution in [1.29, 1.82) is 0 Å². The molecule has 10 heteroatoms. The van der Waals surface area contributed by atoms with Gasteiger partial charge < -0.3 is 17.3 Å². The Balaban J connectivity index is 0.000000696. The second-order valence-electron chi connectivity index (χ2n) is 7.51. The van der Waals surface area contributed by atoms with Gasteiger partial charge in [-0.3, -0.25) is 0 Å². The minimum atomic E-state index is -6.00. The summed E-state index contributed by atoms with van der Waals surface area (Å²) in [7, 11) is -9.70. The molecule has 3 rings (SSSR count). The van der Waals surface area contributed by atoms with E-state index in [1.54, 1.807) is 12.1 Å². The normalized spacial score (nSPS) is 13.5. The molecule has 1 unspecified atom stereocenters. The lowest BCUT2D eigenvalue weighted by molar-refractivity contribution is 0.368. The van der Waals surface area contributed by atoms with Crippen LogP contribution in [0.3, 0.4) is 0 Å². The summed E-state index contributed by atoms with van der Waals surface area (Å²) in [5.41, 5.74) is 3.23. The molecule has 0 bridgehead atoms. The molecule has 0 aliphatic rings. The van der Waals surface area contributed by atoms with Crippen LogP contribution in [0.25, 0.3) is 0 Å². The molecule has 0 aliphatic heterocycles. The maximum Gasteiger partial charge on any atom is 0.673 e. The van der Waals surface area contributed by atoms with Crippen LogP contribution in [0.15, 0.2) is 88.7 Å². The van der Waals surface area contributed by atoms with Crippen LogP contribution in [-0.2, 0) is 20.9 Å². The lowest BCUT2D eigenvalue weighted by Gasteiger charge is -2.18. The second-order valence-corrected chi connectivity index (χ2v) is 11.3. The molecule has 0 aromatic heterocycles. The van der Waals surface area contributed by atoms with Crippen LogP contribution in [0.1, 0.15) is 22.7 Å². The van der Waals surface area contributed by atoms with Gasteiger partial charge in [0.05, 0.1) is 10.9 Å². The summed E-state index contributed by atoms with van der Waals surface area (Å²) in [6.07, 6.45) is 2.17. The van der Waals surface area contributed by atoms with Crippen molar-refractivity contribution in [3.8, 4) is 0 Å². The third-order valence-corrected chi connectivity index (χ3v) is 8.07. The fourth-order valence-corrected chi connectivity index (χ4v) is 5.87. The monoisotopic (exact) mass is 499 g/mol. The van der Waals surface area contributed by atoms with Gasteiger partial charge in [0.1, 0.15) is 12.0 Å². The number of halogens is 4. The molecule has 3 aromatic rings. The Kier molecular flexibility index (Phi) is 9.57. The Hall–Kier alpha value is -2.30. The van der Waals surface area contributed by atoms with Gasteiger partial charge in [-0.1, -0.05) is 65.7 Å². The fraction of sp³-hybridized carbons (Fsp3) is 0.217. The summed E-state index contributed by atoms with van der Waals surface area (Å²) in [6.45, 7) is 4.01. The molecular weight excluding hydrogens is 473 g/mol. The summed E-state index contributed by atoms with van der Waals surface area (Å²) < 4.78 is 67.9. The predicted molar refractivity (Wildman–Crippen MR) is 128 cm³/mol. The lowest BCUT2D eigenvalue weighted by atomic mass is 10.1. The number of rotatable bonds is 7. The zero-order valence-corrected chi connectivity index (χ0v) is 20.1. The predicted octanol–water partition coefficient (Wildman–Crippen LogP) is 5.93. The quantitative estimate of drug-likeness (QED) is 0.249. The van der Waals surface area contributed by atoms with Gasteiger partial charge >= 0.3 is 7.25 Å². The molecule has 0 heterocycles. The van der Waals surface area contributed by atoms with Crippen LogP contribution in [0.4, 0.5) is 17.3 Å². The van der Waals surface area contributed by atoms with Crippen LogP contribution in [0.2, 0.25) is 0 Å². The van der Waals surface area contributed by atoms with E-state index in [0.717, 1.165) is 11.1 Å². The summed E-state index contributed by atoms with van der Waals surface area (Å²) in [5, 5.41) is 0. The molecule has 0 aliphatic carbocycles. The Morgan fingerprint density at radius 1 is 0.818 bits per heavy atom. The van der Waals surface area contributed by atoms with Crippen molar-refractivity contribution in [1.82, 2.24) is 4.72 Å². The highest BCUT2D eigenvalue weighted by atomic mass is 32.2. The number of hydrogen-bond donors (Lipinski definition) is 1. The molecule has 3 aromatic carbocycles. The minimum absolute atomic E-state index is 0.0939. The third kappa shape index (κ3) is 9.61. The van der Waals surface area contributed by atoms with E-state index in [9.17, 15) is 25.7 Å². The van der Waals surface area contributed by atoms with Crippen LogP contribution >= 0.6 is 0 Å². The molecule has 0 spiro atoms. The van der Waals surface area contributed by atoms with Crippen molar-refractivity contribution in [2.24, 2.45) is 0 Å². The van der Waals surface area contributed by atoms with Crippen molar-refractivity contribution in [2.75, 3.05) is 12.0 Å². The van der Waals surface area contributed by atoms with Crippen molar-refractivity contribution in [2.45, 2.75) is 29.7 Å². The van der Waals surface area contributed by atoms with Crippen LogP contribution in [-0.4, -0.2) is 27.7 Å². The average Bonchev–Trinajstić information content (AvgIpc) is 2.73. The molecule has 0 fully saturated rings. The molecule has 1 N–H and O–H groups in total. The maximum atomic E-state index is 13.0. The van der Waals surface area contributed by atoms with Crippen molar-refractivity contribution in [3.05, 3.63) is 95.6 Å². The molecule has 0 radical (unpaired) electrons. The van der Waals surface area contributed by atoms with E-state index in [0.29, 0.717) is 10.6 Å². The molecule has 33 heavy (non-hydrogen) atoms. The number of nitrogens with one attached hydrogen (secondary N) is 1. The third-order valence-electron chi connectivity index (χ3n) is 4.67. The van der Waals surface area contributed by atoms with Crippen LogP contribution < -0.4 is 4.72 Å². The van der Waals surface area contributed by atoms with Crippen molar-refractivity contribution < 1.29 is 25.7 Å². The summed E-state index contributed by atoms with van der Waals surface area (Å²) in [5.74, 6) is 0.707. The van der Waals surface area contributed by atoms with Gasteiger partial charge in [-0.25, -0.2) is 8.42 Å². The van der Waals surface area contributed by atoms with E-state index < -0.39 is 17.3 Å². The van der Waals surface area contributed by atoms with E-state index in [1.165, 1.54) is 10.5 Å². The van der Waals surface area contributed by atoms with Gasteiger partial charge in [0.2, 0.25) is 10.0 Å². The van der Waals surface area contributed by atoms with Gasteiger partial charge in [0, 0.05) is 10.9 Å². The molecule has 3 nitrogen and oxygen atoms in total. The number of aryl methyl sites for hydroxylation is 2. The average molecular weight is 499 g/mol. The van der Waals surface area contributed by atoms with E-state index in [-0.39, 0.29) is 16.9 Å². The van der Waals surface area contributed by atoms with Crippen LogP contribution in [0.5, 0.6) is 0 Å². The zero-order valence-electron chi connectivity index (χ0n) is 18.5. The van der Waals surface area contributed by atoms with Gasteiger partial charge in [0.25, 0.3) is 0 Å². The largest absolute Gasteiger partial charge is 0.673 e. The molecule has 178 valence electrons. The Bertz CT molecular complexity index is 1100. The second kappa shape index (κ2) is 11.7. The smallest absolute Gasteiger partial charge is 0.418 e. The summed E-state index contributed by atoms with van der Waals surface area (Å²) in [4.78, 5) is 1.53. The fourth-order valence-electron chi connectivity index (χ4n) is 2.97. The highest BCUT2D eigenvalue weighted by Crippen LogP contribution is 2.23. The summed E-state index contributed by atoms with van der Waals surface area (Å²) in [6, 6.07) is 24.9. The first kappa shape index (κ1) is 27.0.